The molecule has 2 aromatic heterocycles. The van der Waals surface area contributed by atoms with Gasteiger partial charge in [-0.05, 0) is 17.4 Å². The molecule has 0 aliphatic carbocycles. The van der Waals surface area contributed by atoms with Gasteiger partial charge in [-0.1, -0.05) is 25.1 Å². The highest BCUT2D eigenvalue weighted by atomic mass is 32.1. The quantitative estimate of drug-likeness (QED) is 0.842. The summed E-state index contributed by atoms with van der Waals surface area (Å²) in [4.78, 5) is 24.1. The number of hydrogen-bond donors (Lipinski definition) is 2. The van der Waals surface area contributed by atoms with Crippen LogP contribution in [0.3, 0.4) is 0 Å². The van der Waals surface area contributed by atoms with Gasteiger partial charge < -0.3 is 10.4 Å². The molecule has 112 valence electrons. The van der Waals surface area contributed by atoms with Crippen LogP contribution in [-0.4, -0.2) is 32.0 Å². The number of rotatable bonds is 6. The zero-order valence-electron chi connectivity index (χ0n) is 11.7. The number of carboxylic acid groups (broad SMARTS) is 1. The fourth-order valence-electron chi connectivity index (χ4n) is 1.95. The van der Waals surface area contributed by atoms with E-state index >= 15 is 0 Å². The average Bonchev–Trinajstić information content (AvgIpc) is 3.04. The van der Waals surface area contributed by atoms with Gasteiger partial charge >= 0.3 is 5.97 Å². The minimum absolute atomic E-state index is 0.0425. The zero-order chi connectivity index (χ0) is 15.4. The highest BCUT2D eigenvalue weighted by molar-refractivity contribution is 7.09. The fourth-order valence-corrected chi connectivity index (χ4v) is 2.60. The molecule has 0 fully saturated rings. The molecule has 1 amide bonds. The molecule has 7 nitrogen and oxygen atoms in total. The van der Waals surface area contributed by atoms with E-state index in [0.717, 1.165) is 4.88 Å². The topological polar surface area (TPSA) is 97.1 Å². The van der Waals surface area contributed by atoms with Crippen molar-refractivity contribution in [1.29, 1.82) is 0 Å². The standard InChI is InChI=1S/C13H16N4O3S/c1-8(2)12-11(13(19)20)15-16-17(12)7-10(18)14-6-9-4-3-5-21-9/h3-5,8H,6-7H2,1-2H3,(H,14,18)(H,19,20). The van der Waals surface area contributed by atoms with Crippen LogP contribution in [0.15, 0.2) is 17.5 Å². The average molecular weight is 308 g/mol. The van der Waals surface area contributed by atoms with Crippen molar-refractivity contribution < 1.29 is 14.7 Å². The van der Waals surface area contributed by atoms with Crippen LogP contribution in [0.5, 0.6) is 0 Å². The summed E-state index contributed by atoms with van der Waals surface area (Å²) >= 11 is 1.56. The Bertz CT molecular complexity index is 634. The maximum Gasteiger partial charge on any atom is 0.358 e. The molecule has 0 aliphatic heterocycles. The summed E-state index contributed by atoms with van der Waals surface area (Å²) in [6.07, 6.45) is 0. The van der Waals surface area contributed by atoms with Crippen LogP contribution in [0.25, 0.3) is 0 Å². The molecular weight excluding hydrogens is 292 g/mol. The second-order valence-corrected chi connectivity index (χ2v) is 5.83. The number of amides is 1. The van der Waals surface area contributed by atoms with E-state index in [0.29, 0.717) is 12.2 Å². The van der Waals surface area contributed by atoms with E-state index < -0.39 is 5.97 Å². The largest absolute Gasteiger partial charge is 0.476 e. The number of hydrogen-bond acceptors (Lipinski definition) is 5. The molecule has 0 aliphatic rings. The van der Waals surface area contributed by atoms with Crippen LogP contribution >= 0.6 is 11.3 Å². The minimum atomic E-state index is -1.14. The lowest BCUT2D eigenvalue weighted by Crippen LogP contribution is -2.28. The van der Waals surface area contributed by atoms with E-state index in [4.69, 9.17) is 5.11 Å². The van der Waals surface area contributed by atoms with Gasteiger partial charge in [0.25, 0.3) is 0 Å². The van der Waals surface area contributed by atoms with Crippen molar-refractivity contribution in [3.63, 3.8) is 0 Å². The SMILES string of the molecule is CC(C)c1c(C(=O)O)nnn1CC(=O)NCc1cccs1. The van der Waals surface area contributed by atoms with Gasteiger partial charge in [-0.3, -0.25) is 4.79 Å². The number of nitrogens with one attached hydrogen (secondary N) is 1. The zero-order valence-corrected chi connectivity index (χ0v) is 12.6. The normalized spacial score (nSPS) is 10.8. The minimum Gasteiger partial charge on any atom is -0.476 e. The molecule has 21 heavy (non-hydrogen) atoms. The van der Waals surface area contributed by atoms with Crippen LogP contribution < -0.4 is 5.32 Å². The van der Waals surface area contributed by atoms with Crippen molar-refractivity contribution in [3.8, 4) is 0 Å². The Morgan fingerprint density at radius 1 is 1.48 bits per heavy atom. The highest BCUT2D eigenvalue weighted by Crippen LogP contribution is 2.17. The number of carboxylic acids is 1. The molecule has 0 spiro atoms. The van der Waals surface area contributed by atoms with E-state index in [1.54, 1.807) is 11.3 Å². The monoisotopic (exact) mass is 308 g/mol. The van der Waals surface area contributed by atoms with Gasteiger partial charge in [0.15, 0.2) is 5.69 Å². The van der Waals surface area contributed by atoms with E-state index in [1.165, 1.54) is 4.68 Å². The summed E-state index contributed by atoms with van der Waals surface area (Å²) in [6, 6.07) is 3.85. The van der Waals surface area contributed by atoms with Crippen LogP contribution in [0.1, 0.15) is 40.8 Å². The van der Waals surface area contributed by atoms with Crippen molar-refractivity contribution in [1.82, 2.24) is 20.3 Å². The molecule has 0 atom stereocenters. The molecule has 2 rings (SSSR count). The number of aromatic nitrogens is 3. The fraction of sp³-hybridized carbons (Fsp3) is 0.385. The molecule has 2 aromatic rings. The van der Waals surface area contributed by atoms with Crippen LogP contribution in [0, 0.1) is 0 Å². The Labute approximate surface area is 125 Å². The van der Waals surface area contributed by atoms with Gasteiger partial charge in [-0.15, -0.1) is 16.4 Å². The first kappa shape index (κ1) is 15.2. The van der Waals surface area contributed by atoms with E-state index in [1.807, 2.05) is 31.4 Å². The van der Waals surface area contributed by atoms with Gasteiger partial charge in [-0.25, -0.2) is 9.48 Å². The van der Waals surface area contributed by atoms with Crippen LogP contribution in [-0.2, 0) is 17.9 Å². The highest BCUT2D eigenvalue weighted by Gasteiger charge is 2.22. The number of aromatic carboxylic acids is 1. The first-order valence-electron chi connectivity index (χ1n) is 6.44. The molecule has 0 bridgehead atoms. The van der Waals surface area contributed by atoms with E-state index in [9.17, 15) is 9.59 Å². The molecule has 0 unspecified atom stereocenters. The Morgan fingerprint density at radius 2 is 2.24 bits per heavy atom. The second kappa shape index (κ2) is 6.49. The molecule has 8 heteroatoms. The summed E-state index contributed by atoms with van der Waals surface area (Å²) in [7, 11) is 0. The molecule has 0 aromatic carbocycles. The Hall–Kier alpha value is -2.22. The molecule has 0 radical (unpaired) electrons. The first-order valence-corrected chi connectivity index (χ1v) is 7.32. The van der Waals surface area contributed by atoms with Gasteiger partial charge in [0.1, 0.15) is 6.54 Å². The Balaban J connectivity index is 2.05. The summed E-state index contributed by atoms with van der Waals surface area (Å²) in [5, 5.41) is 21.2. The van der Waals surface area contributed by atoms with Crippen molar-refractivity contribution in [2.45, 2.75) is 32.9 Å². The molecule has 0 saturated heterocycles. The molecule has 2 N–H and O–H groups in total. The maximum atomic E-state index is 11.9. The number of carbonyl (C=O) groups is 2. The lowest BCUT2D eigenvalue weighted by Gasteiger charge is -2.10. The van der Waals surface area contributed by atoms with Gasteiger partial charge in [-0.2, -0.15) is 0 Å². The third kappa shape index (κ3) is 3.66. The molecule has 0 saturated carbocycles. The predicted molar refractivity (Wildman–Crippen MR) is 77.2 cm³/mol. The van der Waals surface area contributed by atoms with Crippen LogP contribution in [0.4, 0.5) is 0 Å². The molecule has 2 heterocycles. The van der Waals surface area contributed by atoms with Crippen molar-refractivity contribution in [3.05, 3.63) is 33.8 Å². The number of thiophene rings is 1. The lowest BCUT2D eigenvalue weighted by molar-refractivity contribution is -0.122. The summed E-state index contributed by atoms with van der Waals surface area (Å²) in [5.74, 6) is -1.45. The van der Waals surface area contributed by atoms with Gasteiger partial charge in [0.05, 0.1) is 12.2 Å². The Kier molecular flexibility index (Phi) is 4.69. The summed E-state index contributed by atoms with van der Waals surface area (Å²) in [5.41, 5.74) is 0.352. The third-order valence-electron chi connectivity index (χ3n) is 2.86. The second-order valence-electron chi connectivity index (χ2n) is 4.80. The number of nitrogens with zero attached hydrogens (tertiary/aromatic N) is 3. The maximum absolute atomic E-state index is 11.9. The number of carbonyl (C=O) groups excluding carboxylic acids is 1. The van der Waals surface area contributed by atoms with E-state index in [2.05, 4.69) is 15.6 Å². The van der Waals surface area contributed by atoms with Crippen molar-refractivity contribution in [2.24, 2.45) is 0 Å². The predicted octanol–water partition coefficient (Wildman–Crippen LogP) is 1.48. The summed E-state index contributed by atoms with van der Waals surface area (Å²) in [6.45, 7) is 4.09. The smallest absolute Gasteiger partial charge is 0.358 e. The first-order chi connectivity index (χ1) is 9.99. The third-order valence-corrected chi connectivity index (χ3v) is 3.73. The van der Waals surface area contributed by atoms with Crippen molar-refractivity contribution in [2.75, 3.05) is 0 Å². The molecular formula is C13H16N4O3S. The van der Waals surface area contributed by atoms with Gasteiger partial charge in [0, 0.05) is 4.88 Å². The van der Waals surface area contributed by atoms with Gasteiger partial charge in [0.2, 0.25) is 5.91 Å². The summed E-state index contributed by atoms with van der Waals surface area (Å²) < 4.78 is 1.35. The van der Waals surface area contributed by atoms with Crippen LogP contribution in [0.2, 0.25) is 0 Å². The Morgan fingerprint density at radius 3 is 2.81 bits per heavy atom. The van der Waals surface area contributed by atoms with Crippen molar-refractivity contribution >= 4 is 23.2 Å². The lowest BCUT2D eigenvalue weighted by atomic mass is 10.1. The van der Waals surface area contributed by atoms with E-state index in [-0.39, 0.29) is 24.1 Å².